The molecule has 3 N–H and O–H groups in total. The Morgan fingerprint density at radius 1 is 1.56 bits per heavy atom. The Hall–Kier alpha value is -0.940. The average molecular weight is 265 g/mol. The number of aryl methyl sites for hydroxylation is 1. The number of nitrogens with zero attached hydrogens (tertiary/aromatic N) is 1. The molecule has 2 saturated carbocycles. The standard InChI is InChI=1S/C13H19N3OS/c1-7-6-18-10(16-7)5-15-13(17)11-8-2-3-9(4-8)12(11)14/h6,8-9,11-12H,2-5,14H2,1H3,(H,15,17). The second-order valence-electron chi connectivity index (χ2n) is 5.54. The molecule has 5 heteroatoms. The van der Waals surface area contributed by atoms with E-state index in [-0.39, 0.29) is 17.9 Å². The molecule has 0 spiro atoms. The van der Waals surface area contributed by atoms with Gasteiger partial charge in [-0.15, -0.1) is 11.3 Å². The molecule has 2 fully saturated rings. The lowest BCUT2D eigenvalue weighted by molar-refractivity contribution is -0.127. The average Bonchev–Trinajstić information content (AvgIpc) is 3.02. The van der Waals surface area contributed by atoms with Crippen LogP contribution in [-0.4, -0.2) is 16.9 Å². The van der Waals surface area contributed by atoms with Crippen molar-refractivity contribution < 1.29 is 4.79 Å². The van der Waals surface area contributed by atoms with Gasteiger partial charge in [-0.25, -0.2) is 4.98 Å². The van der Waals surface area contributed by atoms with Gasteiger partial charge >= 0.3 is 0 Å². The highest BCUT2D eigenvalue weighted by Gasteiger charge is 2.48. The maximum Gasteiger partial charge on any atom is 0.225 e. The number of aromatic nitrogens is 1. The summed E-state index contributed by atoms with van der Waals surface area (Å²) in [6.07, 6.45) is 3.53. The van der Waals surface area contributed by atoms with Crippen molar-refractivity contribution in [3.8, 4) is 0 Å². The molecule has 2 aliphatic rings. The first-order valence-corrected chi connectivity index (χ1v) is 7.47. The number of thiazole rings is 1. The number of fused-ring (bicyclic) bond motifs is 2. The van der Waals surface area contributed by atoms with Gasteiger partial charge in [0.25, 0.3) is 0 Å². The lowest BCUT2D eigenvalue weighted by Crippen LogP contribution is -2.45. The molecule has 1 amide bonds. The predicted molar refractivity (Wildman–Crippen MR) is 71.0 cm³/mol. The summed E-state index contributed by atoms with van der Waals surface area (Å²) in [6, 6.07) is 0.0711. The maximum absolute atomic E-state index is 12.2. The third-order valence-corrected chi connectivity index (χ3v) is 5.33. The minimum atomic E-state index is 0.0322. The first-order valence-electron chi connectivity index (χ1n) is 6.59. The molecule has 0 aromatic carbocycles. The van der Waals surface area contributed by atoms with E-state index in [1.54, 1.807) is 11.3 Å². The van der Waals surface area contributed by atoms with E-state index in [1.165, 1.54) is 12.8 Å². The van der Waals surface area contributed by atoms with E-state index in [0.29, 0.717) is 18.4 Å². The summed E-state index contributed by atoms with van der Waals surface area (Å²) >= 11 is 1.59. The number of nitrogens with one attached hydrogen (secondary N) is 1. The Balaban J connectivity index is 1.59. The van der Waals surface area contributed by atoms with Gasteiger partial charge in [-0.05, 0) is 38.0 Å². The Kier molecular flexibility index (Phi) is 3.11. The van der Waals surface area contributed by atoms with Gasteiger partial charge < -0.3 is 11.1 Å². The van der Waals surface area contributed by atoms with Gasteiger partial charge in [0, 0.05) is 17.1 Å². The van der Waals surface area contributed by atoms with Crippen LogP contribution >= 0.6 is 11.3 Å². The van der Waals surface area contributed by atoms with Crippen molar-refractivity contribution in [1.29, 1.82) is 0 Å². The molecular formula is C13H19N3OS. The van der Waals surface area contributed by atoms with E-state index in [1.807, 2.05) is 12.3 Å². The van der Waals surface area contributed by atoms with Crippen LogP contribution in [0.1, 0.15) is 30.0 Å². The van der Waals surface area contributed by atoms with Gasteiger partial charge in [0.05, 0.1) is 12.5 Å². The summed E-state index contributed by atoms with van der Waals surface area (Å²) in [5, 5.41) is 5.97. The quantitative estimate of drug-likeness (QED) is 0.869. The fourth-order valence-electron chi connectivity index (χ4n) is 3.49. The molecule has 4 nitrogen and oxygen atoms in total. The molecule has 3 rings (SSSR count). The highest BCUT2D eigenvalue weighted by molar-refractivity contribution is 7.09. The Morgan fingerprint density at radius 2 is 2.33 bits per heavy atom. The molecule has 1 heterocycles. The minimum Gasteiger partial charge on any atom is -0.349 e. The number of carbonyl (C=O) groups excluding carboxylic acids is 1. The van der Waals surface area contributed by atoms with Crippen molar-refractivity contribution in [2.24, 2.45) is 23.5 Å². The number of hydrogen-bond donors (Lipinski definition) is 2. The monoisotopic (exact) mass is 265 g/mol. The van der Waals surface area contributed by atoms with E-state index in [9.17, 15) is 4.79 Å². The van der Waals surface area contributed by atoms with Crippen molar-refractivity contribution in [3.05, 3.63) is 16.1 Å². The van der Waals surface area contributed by atoms with E-state index in [4.69, 9.17) is 5.73 Å². The normalized spacial score (nSPS) is 33.9. The number of nitrogens with two attached hydrogens (primary N) is 1. The van der Waals surface area contributed by atoms with Crippen LogP contribution in [0.3, 0.4) is 0 Å². The summed E-state index contributed by atoms with van der Waals surface area (Å²) in [5.74, 6) is 1.25. The molecule has 4 atom stereocenters. The lowest BCUT2D eigenvalue weighted by atomic mass is 9.84. The van der Waals surface area contributed by atoms with Crippen LogP contribution in [0.15, 0.2) is 5.38 Å². The second kappa shape index (κ2) is 4.63. The zero-order chi connectivity index (χ0) is 12.7. The van der Waals surface area contributed by atoms with Gasteiger partial charge in [0.2, 0.25) is 5.91 Å². The Labute approximate surface area is 111 Å². The molecule has 2 bridgehead atoms. The zero-order valence-electron chi connectivity index (χ0n) is 10.6. The lowest BCUT2D eigenvalue weighted by Gasteiger charge is -2.26. The Morgan fingerprint density at radius 3 is 2.94 bits per heavy atom. The zero-order valence-corrected chi connectivity index (χ0v) is 11.4. The highest BCUT2D eigenvalue weighted by Crippen LogP contribution is 2.47. The molecule has 1 aromatic heterocycles. The van der Waals surface area contributed by atoms with Crippen molar-refractivity contribution in [1.82, 2.24) is 10.3 Å². The molecule has 0 aliphatic heterocycles. The number of amides is 1. The number of hydrogen-bond acceptors (Lipinski definition) is 4. The molecule has 0 radical (unpaired) electrons. The van der Waals surface area contributed by atoms with Crippen molar-refractivity contribution in [2.45, 2.75) is 38.8 Å². The van der Waals surface area contributed by atoms with Crippen LogP contribution in [0.25, 0.3) is 0 Å². The molecule has 2 aliphatic carbocycles. The topological polar surface area (TPSA) is 68.0 Å². The molecule has 18 heavy (non-hydrogen) atoms. The molecular weight excluding hydrogens is 246 g/mol. The fraction of sp³-hybridized carbons (Fsp3) is 0.692. The summed E-state index contributed by atoms with van der Waals surface area (Å²) in [7, 11) is 0. The van der Waals surface area contributed by atoms with Crippen LogP contribution < -0.4 is 11.1 Å². The van der Waals surface area contributed by atoms with Crippen LogP contribution in [-0.2, 0) is 11.3 Å². The number of rotatable bonds is 3. The van der Waals surface area contributed by atoms with Gasteiger partial charge in [-0.2, -0.15) is 0 Å². The smallest absolute Gasteiger partial charge is 0.225 e. The summed E-state index contributed by atoms with van der Waals surface area (Å²) in [5.41, 5.74) is 7.18. The van der Waals surface area contributed by atoms with Gasteiger partial charge in [-0.1, -0.05) is 0 Å². The first kappa shape index (κ1) is 12.1. The summed E-state index contributed by atoms with van der Waals surface area (Å²) in [4.78, 5) is 16.6. The van der Waals surface area contributed by atoms with Crippen molar-refractivity contribution >= 4 is 17.2 Å². The van der Waals surface area contributed by atoms with E-state index in [0.717, 1.165) is 17.1 Å². The SMILES string of the molecule is Cc1csc(CNC(=O)C2C3CCC(C3)C2N)n1. The third-order valence-electron chi connectivity index (χ3n) is 4.36. The molecule has 0 saturated heterocycles. The van der Waals surface area contributed by atoms with Crippen molar-refractivity contribution in [3.63, 3.8) is 0 Å². The van der Waals surface area contributed by atoms with Crippen molar-refractivity contribution in [2.75, 3.05) is 0 Å². The fourth-order valence-corrected chi connectivity index (χ4v) is 4.20. The second-order valence-corrected chi connectivity index (χ2v) is 6.48. The maximum atomic E-state index is 12.2. The van der Waals surface area contributed by atoms with E-state index >= 15 is 0 Å². The molecule has 4 unspecified atom stereocenters. The third kappa shape index (κ3) is 2.06. The minimum absolute atomic E-state index is 0.0322. The van der Waals surface area contributed by atoms with E-state index < -0.39 is 0 Å². The number of carbonyl (C=O) groups is 1. The van der Waals surface area contributed by atoms with Crippen LogP contribution in [0.2, 0.25) is 0 Å². The van der Waals surface area contributed by atoms with Crippen LogP contribution in [0.5, 0.6) is 0 Å². The van der Waals surface area contributed by atoms with Gasteiger partial charge in [-0.3, -0.25) is 4.79 Å². The summed E-state index contributed by atoms with van der Waals surface area (Å²) < 4.78 is 0. The van der Waals surface area contributed by atoms with E-state index in [2.05, 4.69) is 10.3 Å². The summed E-state index contributed by atoms with van der Waals surface area (Å²) in [6.45, 7) is 2.51. The van der Waals surface area contributed by atoms with Gasteiger partial charge in [0.15, 0.2) is 0 Å². The first-order chi connectivity index (χ1) is 8.65. The highest BCUT2D eigenvalue weighted by atomic mass is 32.1. The van der Waals surface area contributed by atoms with Crippen LogP contribution in [0, 0.1) is 24.7 Å². The molecule has 98 valence electrons. The van der Waals surface area contributed by atoms with Gasteiger partial charge in [0.1, 0.15) is 5.01 Å². The predicted octanol–water partition coefficient (Wildman–Crippen LogP) is 1.44. The van der Waals surface area contributed by atoms with Crippen LogP contribution in [0.4, 0.5) is 0 Å². The Bertz CT molecular complexity index is 457. The largest absolute Gasteiger partial charge is 0.349 e. The molecule has 1 aromatic rings.